The summed E-state index contributed by atoms with van der Waals surface area (Å²) >= 11 is 0. The van der Waals surface area contributed by atoms with Crippen molar-refractivity contribution in [1.82, 2.24) is 15.3 Å². The first-order valence-corrected chi connectivity index (χ1v) is 11.2. The van der Waals surface area contributed by atoms with Crippen molar-refractivity contribution < 1.29 is 22.7 Å². The lowest BCUT2D eigenvalue weighted by Gasteiger charge is -2.12. The van der Waals surface area contributed by atoms with Gasteiger partial charge in [-0.2, -0.15) is 0 Å². The topological polar surface area (TPSA) is 110 Å². The molecule has 0 bridgehead atoms. The number of methoxy groups -OCH3 is 2. The maximum absolute atomic E-state index is 13.1. The van der Waals surface area contributed by atoms with E-state index in [0.29, 0.717) is 11.4 Å². The maximum Gasteiger partial charge on any atom is 0.267 e. The highest BCUT2D eigenvalue weighted by molar-refractivity contribution is 7.91. The number of benzene rings is 2. The van der Waals surface area contributed by atoms with Crippen LogP contribution in [0.15, 0.2) is 76.8 Å². The zero-order chi connectivity index (χ0) is 22.7. The van der Waals surface area contributed by atoms with Crippen LogP contribution in [-0.2, 0) is 16.4 Å². The molecule has 9 heteroatoms. The minimum atomic E-state index is -3.82. The van der Waals surface area contributed by atoms with Crippen LogP contribution in [0.1, 0.15) is 16.1 Å². The third kappa shape index (κ3) is 4.15. The third-order valence-corrected chi connectivity index (χ3v) is 6.80. The van der Waals surface area contributed by atoms with Crippen LogP contribution >= 0.6 is 0 Å². The van der Waals surface area contributed by atoms with Crippen molar-refractivity contribution in [2.24, 2.45) is 0 Å². The fourth-order valence-corrected chi connectivity index (χ4v) is 4.72. The number of carbonyl (C=O) groups excluding carboxylic acids is 1. The SMILES string of the molecule is COc1ccc(OC)c(S(=O)(=O)c2ccc(CNC(=O)c3cc4cnccc4[nH]3)cc2)c1. The molecule has 0 aliphatic rings. The lowest BCUT2D eigenvalue weighted by atomic mass is 10.2. The second kappa shape index (κ2) is 8.72. The summed E-state index contributed by atoms with van der Waals surface area (Å²) in [6, 6.07) is 14.5. The number of sulfone groups is 1. The van der Waals surface area contributed by atoms with Gasteiger partial charge in [0.25, 0.3) is 5.91 Å². The Kier molecular flexibility index (Phi) is 5.83. The largest absolute Gasteiger partial charge is 0.497 e. The number of nitrogens with one attached hydrogen (secondary N) is 2. The molecule has 4 rings (SSSR count). The number of hydrogen-bond acceptors (Lipinski definition) is 6. The number of hydrogen-bond donors (Lipinski definition) is 2. The van der Waals surface area contributed by atoms with Gasteiger partial charge in [0.1, 0.15) is 22.1 Å². The highest BCUT2D eigenvalue weighted by atomic mass is 32.2. The van der Waals surface area contributed by atoms with E-state index in [1.54, 1.807) is 48.8 Å². The number of amides is 1. The summed E-state index contributed by atoms with van der Waals surface area (Å²) in [5.74, 6) is 0.381. The third-order valence-electron chi connectivity index (χ3n) is 5.01. The molecule has 2 aromatic carbocycles. The molecule has 0 atom stereocenters. The highest BCUT2D eigenvalue weighted by Gasteiger charge is 2.23. The molecule has 0 spiro atoms. The normalized spacial score (nSPS) is 11.3. The molecule has 1 amide bonds. The lowest BCUT2D eigenvalue weighted by Crippen LogP contribution is -2.23. The summed E-state index contributed by atoms with van der Waals surface area (Å²) in [6.45, 7) is 0.245. The fourth-order valence-electron chi connectivity index (χ4n) is 3.28. The van der Waals surface area contributed by atoms with Gasteiger partial charge in [-0.25, -0.2) is 8.42 Å². The molecular weight excluding hydrogens is 430 g/mol. The number of nitrogens with zero attached hydrogens (tertiary/aromatic N) is 1. The second-order valence-corrected chi connectivity index (χ2v) is 8.91. The Hall–Kier alpha value is -3.85. The first-order valence-electron chi connectivity index (χ1n) is 9.69. The van der Waals surface area contributed by atoms with Gasteiger partial charge in [0.05, 0.1) is 19.1 Å². The van der Waals surface area contributed by atoms with E-state index in [4.69, 9.17) is 9.47 Å². The molecular formula is C23H21N3O5S. The molecule has 0 aliphatic heterocycles. The van der Waals surface area contributed by atoms with Gasteiger partial charge in [-0.15, -0.1) is 0 Å². The Morgan fingerprint density at radius 2 is 1.81 bits per heavy atom. The molecule has 8 nitrogen and oxygen atoms in total. The molecule has 2 N–H and O–H groups in total. The minimum absolute atomic E-state index is 0.0219. The number of H-pyrrole nitrogens is 1. The van der Waals surface area contributed by atoms with Gasteiger partial charge in [0.2, 0.25) is 9.84 Å². The van der Waals surface area contributed by atoms with Gasteiger partial charge < -0.3 is 19.8 Å². The summed E-state index contributed by atoms with van der Waals surface area (Å²) in [7, 11) is -0.944. The lowest BCUT2D eigenvalue weighted by molar-refractivity contribution is 0.0946. The summed E-state index contributed by atoms with van der Waals surface area (Å²) < 4.78 is 36.6. The molecule has 0 fully saturated rings. The van der Waals surface area contributed by atoms with Crippen molar-refractivity contribution >= 4 is 26.6 Å². The van der Waals surface area contributed by atoms with Gasteiger partial charge in [-0.05, 0) is 42.0 Å². The monoisotopic (exact) mass is 451 g/mol. The molecule has 32 heavy (non-hydrogen) atoms. The number of aromatic amines is 1. The summed E-state index contributed by atoms with van der Waals surface area (Å²) in [6.07, 6.45) is 3.33. The Balaban J connectivity index is 1.50. The average Bonchev–Trinajstić information content (AvgIpc) is 3.27. The van der Waals surface area contributed by atoms with Gasteiger partial charge >= 0.3 is 0 Å². The number of fused-ring (bicyclic) bond motifs is 1. The standard InChI is InChI=1S/C23H21N3O5S/c1-30-17-5-8-21(31-2)22(12-17)32(28,29)18-6-3-15(4-7-18)13-25-23(27)20-11-16-14-24-10-9-19(16)26-20/h3-12,14,26H,13H2,1-2H3,(H,25,27). The van der Waals surface area contributed by atoms with E-state index < -0.39 is 9.84 Å². The zero-order valence-corrected chi connectivity index (χ0v) is 18.3. The molecule has 164 valence electrons. The molecule has 0 saturated carbocycles. The smallest absolute Gasteiger partial charge is 0.267 e. The molecule has 2 heterocycles. The highest BCUT2D eigenvalue weighted by Crippen LogP contribution is 2.32. The van der Waals surface area contributed by atoms with Crippen molar-refractivity contribution in [2.75, 3.05) is 14.2 Å². The van der Waals surface area contributed by atoms with Crippen LogP contribution in [0, 0.1) is 0 Å². The molecule has 0 saturated heterocycles. The Morgan fingerprint density at radius 1 is 1.03 bits per heavy atom. The number of rotatable bonds is 7. The van der Waals surface area contributed by atoms with Crippen LogP contribution in [0.25, 0.3) is 10.9 Å². The van der Waals surface area contributed by atoms with E-state index >= 15 is 0 Å². The average molecular weight is 452 g/mol. The van der Waals surface area contributed by atoms with Crippen LogP contribution < -0.4 is 14.8 Å². The summed E-state index contributed by atoms with van der Waals surface area (Å²) in [4.78, 5) is 19.7. The van der Waals surface area contributed by atoms with E-state index in [9.17, 15) is 13.2 Å². The van der Waals surface area contributed by atoms with Crippen LogP contribution in [0.3, 0.4) is 0 Å². The first-order chi connectivity index (χ1) is 15.4. The fraction of sp³-hybridized carbons (Fsp3) is 0.130. The molecule has 0 radical (unpaired) electrons. The quantitative estimate of drug-likeness (QED) is 0.446. The van der Waals surface area contributed by atoms with E-state index in [-0.39, 0.29) is 28.0 Å². The number of aromatic nitrogens is 2. The molecule has 0 aliphatic carbocycles. The Morgan fingerprint density at radius 3 is 2.50 bits per heavy atom. The molecule has 0 unspecified atom stereocenters. The predicted octanol–water partition coefficient (Wildman–Crippen LogP) is 3.34. The summed E-state index contributed by atoms with van der Waals surface area (Å²) in [5.41, 5.74) is 2.01. The van der Waals surface area contributed by atoms with Crippen LogP contribution in [0.4, 0.5) is 0 Å². The van der Waals surface area contributed by atoms with Crippen molar-refractivity contribution in [3.8, 4) is 11.5 Å². The van der Waals surface area contributed by atoms with Crippen molar-refractivity contribution in [3.05, 3.63) is 78.2 Å². The maximum atomic E-state index is 13.1. The minimum Gasteiger partial charge on any atom is -0.497 e. The van der Waals surface area contributed by atoms with Crippen LogP contribution in [-0.4, -0.2) is 38.5 Å². The van der Waals surface area contributed by atoms with E-state index in [1.165, 1.54) is 32.4 Å². The van der Waals surface area contributed by atoms with Gasteiger partial charge in [0.15, 0.2) is 0 Å². The van der Waals surface area contributed by atoms with Crippen molar-refractivity contribution in [1.29, 1.82) is 0 Å². The van der Waals surface area contributed by atoms with Crippen LogP contribution in [0.2, 0.25) is 0 Å². The van der Waals surface area contributed by atoms with Crippen molar-refractivity contribution in [3.63, 3.8) is 0 Å². The van der Waals surface area contributed by atoms with Crippen LogP contribution in [0.5, 0.6) is 11.5 Å². The molecule has 2 aromatic heterocycles. The Bertz CT molecular complexity index is 1350. The Labute approximate surface area is 185 Å². The number of carbonyl (C=O) groups is 1. The summed E-state index contributed by atoms with van der Waals surface area (Å²) in [5, 5.41) is 3.67. The van der Waals surface area contributed by atoms with Gasteiger partial charge in [0, 0.05) is 35.9 Å². The molecule has 4 aromatic rings. The van der Waals surface area contributed by atoms with Gasteiger partial charge in [-0.3, -0.25) is 9.78 Å². The number of pyridine rings is 1. The van der Waals surface area contributed by atoms with Crippen molar-refractivity contribution in [2.45, 2.75) is 16.3 Å². The second-order valence-electron chi connectivity index (χ2n) is 6.99. The number of ether oxygens (including phenoxy) is 2. The van der Waals surface area contributed by atoms with E-state index in [0.717, 1.165) is 16.5 Å². The van der Waals surface area contributed by atoms with E-state index in [2.05, 4.69) is 15.3 Å². The van der Waals surface area contributed by atoms with E-state index in [1.807, 2.05) is 0 Å². The predicted molar refractivity (Wildman–Crippen MR) is 119 cm³/mol. The van der Waals surface area contributed by atoms with Gasteiger partial charge in [-0.1, -0.05) is 12.1 Å². The first kappa shape index (κ1) is 21.4. The zero-order valence-electron chi connectivity index (χ0n) is 17.5.